The Kier molecular flexibility index (Phi) is 5.19. The maximum atomic E-state index is 12.8. The number of hydrogen-bond donors (Lipinski definition) is 2. The number of nitrogens with zero attached hydrogens (tertiary/aromatic N) is 1. The van der Waals surface area contributed by atoms with Gasteiger partial charge in [-0.2, -0.15) is 0 Å². The van der Waals surface area contributed by atoms with Crippen molar-refractivity contribution < 1.29 is 14.3 Å². The van der Waals surface area contributed by atoms with Crippen molar-refractivity contribution in [3.8, 4) is 5.75 Å². The quantitative estimate of drug-likeness (QED) is 0.860. The number of carbonyl (C=O) groups excluding carboxylic acids is 2. The van der Waals surface area contributed by atoms with Crippen LogP contribution in [0, 0.1) is 0 Å². The molecule has 1 fully saturated rings. The molecule has 2 aromatic rings. The van der Waals surface area contributed by atoms with E-state index in [1.54, 1.807) is 7.11 Å². The van der Waals surface area contributed by atoms with Crippen molar-refractivity contribution in [2.75, 3.05) is 25.5 Å². The summed E-state index contributed by atoms with van der Waals surface area (Å²) in [6, 6.07) is 13.8. The molecule has 1 unspecified atom stereocenters. The Balaban J connectivity index is 1.43. The number of methoxy groups -OCH3 is 1. The molecule has 3 amide bonds. The maximum absolute atomic E-state index is 12.8. The monoisotopic (exact) mass is 379 g/mol. The molecular formula is C22H25N3O3. The lowest BCUT2D eigenvalue weighted by molar-refractivity contribution is -0.119. The molecule has 6 heteroatoms. The average Bonchev–Trinajstić information content (AvgIpc) is 3.02. The van der Waals surface area contributed by atoms with Gasteiger partial charge in [-0.25, -0.2) is 4.79 Å². The van der Waals surface area contributed by atoms with E-state index in [0.29, 0.717) is 19.5 Å². The van der Waals surface area contributed by atoms with Gasteiger partial charge >= 0.3 is 6.03 Å². The summed E-state index contributed by atoms with van der Waals surface area (Å²) in [6.45, 7) is 1.32. The Morgan fingerprint density at radius 1 is 1.14 bits per heavy atom. The summed E-state index contributed by atoms with van der Waals surface area (Å²) in [5, 5.41) is 5.98. The van der Waals surface area contributed by atoms with E-state index in [9.17, 15) is 9.59 Å². The molecule has 4 rings (SSSR count). The lowest BCUT2D eigenvalue weighted by Gasteiger charge is -2.21. The first-order valence-corrected chi connectivity index (χ1v) is 9.74. The van der Waals surface area contributed by atoms with Gasteiger partial charge in [-0.05, 0) is 54.2 Å². The zero-order valence-corrected chi connectivity index (χ0v) is 16.0. The Morgan fingerprint density at radius 2 is 1.96 bits per heavy atom. The first-order chi connectivity index (χ1) is 13.6. The van der Waals surface area contributed by atoms with Gasteiger partial charge in [-0.3, -0.25) is 4.79 Å². The van der Waals surface area contributed by atoms with Crippen molar-refractivity contribution in [1.82, 2.24) is 10.2 Å². The standard InChI is InChI=1S/C22H25N3O3/c1-28-20-7-3-4-15-10-12-25(13-11-18(15)20)22(27)23-17-6-2-5-16(14-17)19-8-9-21(26)24-19/h2-7,14,19H,8-13H2,1H3,(H,23,27)(H,24,26). The van der Waals surface area contributed by atoms with E-state index in [4.69, 9.17) is 4.74 Å². The van der Waals surface area contributed by atoms with Crippen molar-refractivity contribution in [3.05, 3.63) is 59.2 Å². The summed E-state index contributed by atoms with van der Waals surface area (Å²) in [4.78, 5) is 26.1. The van der Waals surface area contributed by atoms with Crippen LogP contribution in [0.3, 0.4) is 0 Å². The molecule has 2 N–H and O–H groups in total. The number of anilines is 1. The molecule has 1 atom stereocenters. The second-order valence-corrected chi connectivity index (χ2v) is 7.30. The first kappa shape index (κ1) is 18.3. The van der Waals surface area contributed by atoms with Crippen LogP contribution in [0.15, 0.2) is 42.5 Å². The SMILES string of the molecule is COc1cccc2c1CCN(C(=O)Nc1cccc(C3CCC(=O)N3)c1)CC2. The highest BCUT2D eigenvalue weighted by atomic mass is 16.5. The van der Waals surface area contributed by atoms with Gasteiger partial charge in [0.25, 0.3) is 0 Å². The molecule has 146 valence electrons. The minimum absolute atomic E-state index is 0.0319. The molecule has 0 spiro atoms. The summed E-state index contributed by atoms with van der Waals surface area (Å²) in [5.41, 5.74) is 4.22. The van der Waals surface area contributed by atoms with Gasteiger partial charge in [0.15, 0.2) is 0 Å². The molecular weight excluding hydrogens is 354 g/mol. The molecule has 0 aromatic heterocycles. The number of hydrogen-bond acceptors (Lipinski definition) is 3. The minimum atomic E-state index is -0.0978. The van der Waals surface area contributed by atoms with E-state index < -0.39 is 0 Å². The fraction of sp³-hybridized carbons (Fsp3) is 0.364. The van der Waals surface area contributed by atoms with Crippen LogP contribution in [-0.2, 0) is 17.6 Å². The maximum Gasteiger partial charge on any atom is 0.321 e. The third-order valence-electron chi connectivity index (χ3n) is 5.56. The van der Waals surface area contributed by atoms with Gasteiger partial charge in [0.1, 0.15) is 5.75 Å². The first-order valence-electron chi connectivity index (χ1n) is 9.74. The zero-order valence-electron chi connectivity index (χ0n) is 16.0. The summed E-state index contributed by atoms with van der Waals surface area (Å²) in [5.74, 6) is 0.977. The second kappa shape index (κ2) is 7.92. The molecule has 2 aromatic carbocycles. The van der Waals surface area contributed by atoms with Crippen molar-refractivity contribution in [1.29, 1.82) is 0 Å². The molecule has 0 radical (unpaired) electrons. The number of carbonyl (C=O) groups is 2. The molecule has 1 saturated heterocycles. The van der Waals surface area contributed by atoms with Gasteiger partial charge in [-0.15, -0.1) is 0 Å². The number of fused-ring (bicyclic) bond motifs is 1. The molecule has 0 bridgehead atoms. The van der Waals surface area contributed by atoms with Crippen LogP contribution in [0.25, 0.3) is 0 Å². The number of rotatable bonds is 3. The molecule has 2 aliphatic heterocycles. The molecule has 6 nitrogen and oxygen atoms in total. The van der Waals surface area contributed by atoms with Crippen LogP contribution >= 0.6 is 0 Å². The summed E-state index contributed by atoms with van der Waals surface area (Å²) in [7, 11) is 1.69. The van der Waals surface area contributed by atoms with E-state index in [0.717, 1.165) is 36.3 Å². The molecule has 2 heterocycles. The second-order valence-electron chi connectivity index (χ2n) is 7.30. The summed E-state index contributed by atoms with van der Waals surface area (Å²) in [6.07, 6.45) is 2.94. The zero-order chi connectivity index (χ0) is 19.5. The lowest BCUT2D eigenvalue weighted by Crippen LogP contribution is -2.36. The van der Waals surface area contributed by atoms with Crippen LogP contribution < -0.4 is 15.4 Å². The number of benzene rings is 2. The highest BCUT2D eigenvalue weighted by molar-refractivity contribution is 5.89. The van der Waals surface area contributed by atoms with Gasteiger partial charge in [0.2, 0.25) is 5.91 Å². The van der Waals surface area contributed by atoms with Gasteiger partial charge in [0, 0.05) is 25.2 Å². The molecule has 28 heavy (non-hydrogen) atoms. The van der Waals surface area contributed by atoms with Gasteiger partial charge < -0.3 is 20.3 Å². The van der Waals surface area contributed by atoms with Crippen LogP contribution in [0.4, 0.5) is 10.5 Å². The molecule has 0 aliphatic carbocycles. The van der Waals surface area contributed by atoms with Crippen molar-refractivity contribution in [2.45, 2.75) is 31.7 Å². The van der Waals surface area contributed by atoms with Crippen molar-refractivity contribution in [3.63, 3.8) is 0 Å². The predicted octanol–water partition coefficient (Wildman–Crippen LogP) is 3.28. The normalized spacial score (nSPS) is 18.8. The minimum Gasteiger partial charge on any atom is -0.496 e. The predicted molar refractivity (Wildman–Crippen MR) is 108 cm³/mol. The Bertz CT molecular complexity index is 896. The molecule has 0 saturated carbocycles. The summed E-state index contributed by atoms with van der Waals surface area (Å²) < 4.78 is 5.48. The Hall–Kier alpha value is -3.02. The van der Waals surface area contributed by atoms with Crippen LogP contribution in [-0.4, -0.2) is 37.0 Å². The van der Waals surface area contributed by atoms with Crippen LogP contribution in [0.5, 0.6) is 5.75 Å². The Labute approximate surface area is 164 Å². The smallest absolute Gasteiger partial charge is 0.321 e. The number of amides is 3. The van der Waals surface area contributed by atoms with Crippen LogP contribution in [0.1, 0.15) is 35.6 Å². The van der Waals surface area contributed by atoms with E-state index >= 15 is 0 Å². The Morgan fingerprint density at radius 3 is 2.75 bits per heavy atom. The van der Waals surface area contributed by atoms with Crippen molar-refractivity contribution in [2.24, 2.45) is 0 Å². The lowest BCUT2D eigenvalue weighted by atomic mass is 10.0. The van der Waals surface area contributed by atoms with Gasteiger partial charge in [-0.1, -0.05) is 24.3 Å². The average molecular weight is 379 g/mol. The van der Waals surface area contributed by atoms with E-state index in [1.807, 2.05) is 41.3 Å². The highest BCUT2D eigenvalue weighted by Crippen LogP contribution is 2.27. The number of nitrogens with one attached hydrogen (secondary N) is 2. The topological polar surface area (TPSA) is 70.7 Å². The third kappa shape index (κ3) is 3.81. The summed E-state index contributed by atoms with van der Waals surface area (Å²) >= 11 is 0. The van der Waals surface area contributed by atoms with Crippen molar-refractivity contribution >= 4 is 17.6 Å². The van der Waals surface area contributed by atoms with Crippen LogP contribution in [0.2, 0.25) is 0 Å². The number of ether oxygens (including phenoxy) is 1. The van der Waals surface area contributed by atoms with E-state index in [2.05, 4.69) is 16.7 Å². The van der Waals surface area contributed by atoms with E-state index in [1.165, 1.54) is 11.1 Å². The van der Waals surface area contributed by atoms with Gasteiger partial charge in [0.05, 0.1) is 13.2 Å². The third-order valence-corrected chi connectivity index (χ3v) is 5.56. The fourth-order valence-corrected chi connectivity index (χ4v) is 4.04. The van der Waals surface area contributed by atoms with E-state index in [-0.39, 0.29) is 18.0 Å². The largest absolute Gasteiger partial charge is 0.496 e. The highest BCUT2D eigenvalue weighted by Gasteiger charge is 2.23. The number of urea groups is 1. The fourth-order valence-electron chi connectivity index (χ4n) is 4.04. The molecule has 2 aliphatic rings.